The van der Waals surface area contributed by atoms with Crippen LogP contribution in [0.1, 0.15) is 6.92 Å². The Morgan fingerprint density at radius 1 is 1.58 bits per heavy atom. The largest absolute Gasteiger partial charge is 0.423 e. The summed E-state index contributed by atoms with van der Waals surface area (Å²) in [5.41, 5.74) is 0. The lowest BCUT2D eigenvalue weighted by atomic mass is 10.3. The van der Waals surface area contributed by atoms with E-state index >= 15 is 0 Å². The Hall–Kier alpha value is -1.57. The molecule has 1 aromatic rings. The van der Waals surface area contributed by atoms with E-state index < -0.39 is 0 Å². The van der Waals surface area contributed by atoms with E-state index in [0.29, 0.717) is 5.75 Å². The van der Waals surface area contributed by atoms with E-state index in [0.717, 1.165) is 0 Å². The maximum atomic E-state index is 10.9. The summed E-state index contributed by atoms with van der Waals surface area (Å²) in [7, 11) is 0. The molecule has 1 aromatic carbocycles. The van der Waals surface area contributed by atoms with Crippen LogP contribution < -0.4 is 4.74 Å². The number of hydrogen-bond acceptors (Lipinski definition) is 2. The van der Waals surface area contributed by atoms with Crippen molar-refractivity contribution in [2.45, 2.75) is 6.92 Å². The minimum absolute atomic E-state index is 0.375. The summed E-state index contributed by atoms with van der Waals surface area (Å²) in [6, 6.07) is 9.75. The fourth-order valence-electron chi connectivity index (χ4n) is 0.719. The van der Waals surface area contributed by atoms with Crippen LogP contribution in [0.15, 0.2) is 36.4 Å². The molecule has 0 saturated carbocycles. The monoisotopic (exact) mass is 161 g/mol. The highest BCUT2D eigenvalue weighted by molar-refractivity contribution is 5.83. The summed E-state index contributed by atoms with van der Waals surface area (Å²) in [5, 5.41) is 0. The average molecular weight is 161 g/mol. The van der Waals surface area contributed by atoms with Gasteiger partial charge in [-0.15, -0.1) is 0 Å². The Kier molecular flexibility index (Phi) is 3.08. The molecule has 61 valence electrons. The van der Waals surface area contributed by atoms with Crippen LogP contribution in [0.2, 0.25) is 0 Å². The zero-order chi connectivity index (χ0) is 8.81. The lowest BCUT2D eigenvalue weighted by molar-refractivity contribution is -0.129. The smallest absolute Gasteiger partial charge is 0.335 e. The van der Waals surface area contributed by atoms with E-state index in [-0.39, 0.29) is 5.97 Å². The minimum Gasteiger partial charge on any atom is -0.423 e. The van der Waals surface area contributed by atoms with Gasteiger partial charge in [-0.25, -0.2) is 4.79 Å². The number of ether oxygens (including phenoxy) is 1. The third-order valence-electron chi connectivity index (χ3n) is 1.19. The first-order valence-electron chi connectivity index (χ1n) is 3.64. The summed E-state index contributed by atoms with van der Waals surface area (Å²) < 4.78 is 4.87. The second-order valence-electron chi connectivity index (χ2n) is 2.15. The molecule has 0 heterocycles. The maximum absolute atomic E-state index is 10.9. The second kappa shape index (κ2) is 4.34. The van der Waals surface area contributed by atoms with Crippen molar-refractivity contribution in [1.82, 2.24) is 0 Å². The van der Waals surface area contributed by atoms with Crippen molar-refractivity contribution in [2.24, 2.45) is 0 Å². The highest BCUT2D eigenvalue weighted by atomic mass is 16.5. The molecule has 12 heavy (non-hydrogen) atoms. The first-order valence-corrected chi connectivity index (χ1v) is 3.64. The van der Waals surface area contributed by atoms with Gasteiger partial charge >= 0.3 is 5.97 Å². The molecule has 0 aliphatic carbocycles. The molecule has 0 unspecified atom stereocenters. The summed E-state index contributed by atoms with van der Waals surface area (Å²) >= 11 is 0. The Labute approximate surface area is 71.5 Å². The number of esters is 1. The van der Waals surface area contributed by atoms with Gasteiger partial charge in [0, 0.05) is 12.1 Å². The topological polar surface area (TPSA) is 26.3 Å². The molecule has 0 aromatic heterocycles. The second-order valence-corrected chi connectivity index (χ2v) is 2.15. The van der Waals surface area contributed by atoms with Crippen LogP contribution >= 0.6 is 0 Å². The van der Waals surface area contributed by atoms with Gasteiger partial charge < -0.3 is 4.74 Å². The van der Waals surface area contributed by atoms with Gasteiger partial charge in [0.15, 0.2) is 0 Å². The molecule has 2 nitrogen and oxygen atoms in total. The fourth-order valence-corrected chi connectivity index (χ4v) is 0.719. The lowest BCUT2D eigenvalue weighted by Crippen LogP contribution is -2.03. The molecule has 0 atom stereocenters. The predicted molar refractivity (Wildman–Crippen MR) is 45.7 cm³/mol. The maximum Gasteiger partial charge on any atom is 0.335 e. The van der Waals surface area contributed by atoms with Gasteiger partial charge in [-0.1, -0.05) is 24.3 Å². The number of carbonyl (C=O) groups is 1. The van der Waals surface area contributed by atoms with E-state index in [1.54, 1.807) is 31.2 Å². The first-order chi connectivity index (χ1) is 5.83. The molecule has 0 amide bonds. The van der Waals surface area contributed by atoms with Crippen molar-refractivity contribution in [2.75, 3.05) is 0 Å². The van der Waals surface area contributed by atoms with Gasteiger partial charge in [0.05, 0.1) is 0 Å². The SMILES string of the molecule is C/C=C/C(=O)Oc1[c]cccc1. The van der Waals surface area contributed by atoms with Gasteiger partial charge in [0.2, 0.25) is 0 Å². The molecule has 0 spiro atoms. The van der Waals surface area contributed by atoms with Crippen LogP contribution in [0.5, 0.6) is 5.75 Å². The summed E-state index contributed by atoms with van der Waals surface area (Å²) in [6.07, 6.45) is 2.99. The van der Waals surface area contributed by atoms with Crippen LogP contribution in [-0.2, 0) is 4.79 Å². The molecular weight excluding hydrogens is 152 g/mol. The summed E-state index contributed by atoms with van der Waals surface area (Å²) in [6.45, 7) is 1.76. The van der Waals surface area contributed by atoms with Crippen molar-refractivity contribution in [3.63, 3.8) is 0 Å². The van der Waals surface area contributed by atoms with Gasteiger partial charge in [-0.2, -0.15) is 0 Å². The van der Waals surface area contributed by atoms with E-state index in [2.05, 4.69) is 6.07 Å². The van der Waals surface area contributed by atoms with Crippen molar-refractivity contribution >= 4 is 5.97 Å². The van der Waals surface area contributed by atoms with E-state index in [1.165, 1.54) is 6.08 Å². The van der Waals surface area contributed by atoms with Crippen LogP contribution in [0.25, 0.3) is 0 Å². The van der Waals surface area contributed by atoms with Gasteiger partial charge in [-0.3, -0.25) is 0 Å². The fraction of sp³-hybridized carbons (Fsp3) is 0.100. The van der Waals surface area contributed by atoms with Crippen LogP contribution in [0.4, 0.5) is 0 Å². The van der Waals surface area contributed by atoms with Crippen LogP contribution in [0.3, 0.4) is 0 Å². The standard InChI is InChI=1S/C10H9O2/c1-2-6-10(11)12-9-7-4-3-5-8-9/h2-7H,1H3/b6-2+. The van der Waals surface area contributed by atoms with E-state index in [1.807, 2.05) is 6.07 Å². The molecule has 0 N–H and O–H groups in total. The molecule has 0 aliphatic rings. The molecule has 1 radical (unpaired) electrons. The third-order valence-corrected chi connectivity index (χ3v) is 1.19. The number of benzene rings is 1. The van der Waals surface area contributed by atoms with E-state index in [4.69, 9.17) is 4.74 Å². The summed E-state index contributed by atoms with van der Waals surface area (Å²) in [5.74, 6) is 0.0700. The molecule has 0 aliphatic heterocycles. The van der Waals surface area contributed by atoms with Gasteiger partial charge in [0.1, 0.15) is 5.75 Å². The predicted octanol–water partition coefficient (Wildman–Crippen LogP) is 1.97. The van der Waals surface area contributed by atoms with Gasteiger partial charge in [-0.05, 0) is 13.0 Å². The first kappa shape index (κ1) is 8.53. The zero-order valence-corrected chi connectivity index (χ0v) is 6.78. The van der Waals surface area contributed by atoms with Crippen molar-refractivity contribution < 1.29 is 9.53 Å². The number of carbonyl (C=O) groups excluding carboxylic acids is 1. The van der Waals surface area contributed by atoms with Crippen molar-refractivity contribution in [3.8, 4) is 5.75 Å². The summed E-state index contributed by atoms with van der Waals surface area (Å²) in [4.78, 5) is 10.9. The average Bonchev–Trinajstić information content (AvgIpc) is 2.06. The lowest BCUT2D eigenvalue weighted by Gasteiger charge is -1.97. The highest BCUT2D eigenvalue weighted by Gasteiger charge is 1.97. The Morgan fingerprint density at radius 2 is 2.42 bits per heavy atom. The number of hydrogen-bond donors (Lipinski definition) is 0. The number of rotatable bonds is 2. The third kappa shape index (κ3) is 2.58. The highest BCUT2D eigenvalue weighted by Crippen LogP contribution is 2.07. The molecule has 0 fully saturated rings. The van der Waals surface area contributed by atoms with E-state index in [9.17, 15) is 4.79 Å². The molecule has 2 heteroatoms. The molecule has 0 saturated heterocycles. The zero-order valence-electron chi connectivity index (χ0n) is 6.78. The quantitative estimate of drug-likeness (QED) is 0.376. The van der Waals surface area contributed by atoms with Crippen LogP contribution in [-0.4, -0.2) is 5.97 Å². The molecule has 0 bridgehead atoms. The number of para-hydroxylation sites is 1. The van der Waals surface area contributed by atoms with Crippen molar-refractivity contribution in [1.29, 1.82) is 0 Å². The van der Waals surface area contributed by atoms with Crippen molar-refractivity contribution in [3.05, 3.63) is 42.5 Å². The Balaban J connectivity index is 2.59. The molecule has 1 rings (SSSR count). The van der Waals surface area contributed by atoms with Crippen LogP contribution in [0, 0.1) is 6.07 Å². The van der Waals surface area contributed by atoms with Gasteiger partial charge in [0.25, 0.3) is 0 Å². The minimum atomic E-state index is -0.375. The Morgan fingerprint density at radius 3 is 3.00 bits per heavy atom. The molecular formula is C10H9O2. The number of allylic oxidation sites excluding steroid dienone is 1. The normalized spacial score (nSPS) is 10.1. The Bertz CT molecular complexity index is 275.